The number of piperazine rings is 1. The van der Waals surface area contributed by atoms with Gasteiger partial charge in [-0.15, -0.1) is 35.3 Å². The van der Waals surface area contributed by atoms with Crippen molar-refractivity contribution in [3.8, 4) is 0 Å². The van der Waals surface area contributed by atoms with Gasteiger partial charge in [0.25, 0.3) is 0 Å². The van der Waals surface area contributed by atoms with E-state index in [1.165, 1.54) is 6.33 Å². The zero-order valence-electron chi connectivity index (χ0n) is 12.3. The summed E-state index contributed by atoms with van der Waals surface area (Å²) >= 11 is 1.67. The number of hydrogen-bond acceptors (Lipinski definition) is 6. The Balaban J connectivity index is 0.00000176. The number of halogens is 1. The lowest BCUT2D eigenvalue weighted by molar-refractivity contribution is 0.380. The van der Waals surface area contributed by atoms with Crippen LogP contribution in [0.1, 0.15) is 5.82 Å². The van der Waals surface area contributed by atoms with Crippen LogP contribution in [0, 0.1) is 0 Å². The summed E-state index contributed by atoms with van der Waals surface area (Å²) in [5, 5.41) is 7.09. The smallest absolute Gasteiger partial charge is 0.191 e. The van der Waals surface area contributed by atoms with Crippen LogP contribution in [0.4, 0.5) is 5.13 Å². The number of rotatable bonds is 3. The van der Waals surface area contributed by atoms with Gasteiger partial charge in [0.1, 0.15) is 18.7 Å². The van der Waals surface area contributed by atoms with Gasteiger partial charge in [0.05, 0.1) is 0 Å². The van der Waals surface area contributed by atoms with Gasteiger partial charge < -0.3 is 15.5 Å². The number of guanidine groups is 1. The summed E-state index contributed by atoms with van der Waals surface area (Å²) in [7, 11) is 1.85. The van der Waals surface area contributed by atoms with Gasteiger partial charge in [-0.1, -0.05) is 0 Å². The van der Waals surface area contributed by atoms with Gasteiger partial charge in [0, 0.05) is 44.8 Å². The zero-order chi connectivity index (χ0) is 14.7. The molecule has 1 saturated heterocycles. The van der Waals surface area contributed by atoms with Crippen molar-refractivity contribution in [1.29, 1.82) is 0 Å². The van der Waals surface area contributed by atoms with Crippen LogP contribution in [0.15, 0.2) is 22.9 Å². The molecule has 0 amide bonds. The van der Waals surface area contributed by atoms with E-state index in [-0.39, 0.29) is 24.0 Å². The van der Waals surface area contributed by atoms with Crippen molar-refractivity contribution in [1.82, 2.24) is 24.6 Å². The van der Waals surface area contributed by atoms with Crippen molar-refractivity contribution in [2.75, 3.05) is 31.1 Å². The van der Waals surface area contributed by atoms with Crippen LogP contribution in [-0.2, 0) is 13.6 Å². The van der Waals surface area contributed by atoms with E-state index in [1.54, 1.807) is 16.0 Å². The number of thiazole rings is 1. The fourth-order valence-electron chi connectivity index (χ4n) is 2.21. The Bertz CT molecular complexity index is 602. The van der Waals surface area contributed by atoms with E-state index in [4.69, 9.17) is 5.73 Å². The van der Waals surface area contributed by atoms with Gasteiger partial charge in [-0.25, -0.2) is 15.0 Å². The van der Waals surface area contributed by atoms with E-state index >= 15 is 0 Å². The van der Waals surface area contributed by atoms with Crippen molar-refractivity contribution in [3.63, 3.8) is 0 Å². The highest BCUT2D eigenvalue weighted by Crippen LogP contribution is 2.18. The molecule has 8 nitrogen and oxygen atoms in total. The van der Waals surface area contributed by atoms with Crippen molar-refractivity contribution < 1.29 is 0 Å². The molecule has 0 aliphatic carbocycles. The normalized spacial score (nSPS) is 15.8. The molecule has 1 aliphatic rings. The Morgan fingerprint density at radius 3 is 2.68 bits per heavy atom. The fraction of sp³-hybridized carbons (Fsp3) is 0.500. The average Bonchev–Trinajstić information content (AvgIpc) is 3.17. The number of nitrogens with zero attached hydrogens (tertiary/aromatic N) is 7. The summed E-state index contributed by atoms with van der Waals surface area (Å²) < 4.78 is 1.71. The van der Waals surface area contributed by atoms with Gasteiger partial charge in [-0.05, 0) is 0 Å². The highest BCUT2D eigenvalue weighted by Gasteiger charge is 2.19. The van der Waals surface area contributed by atoms with E-state index < -0.39 is 0 Å². The van der Waals surface area contributed by atoms with Crippen molar-refractivity contribution >= 4 is 46.4 Å². The molecule has 1 aliphatic heterocycles. The monoisotopic (exact) mass is 434 g/mol. The van der Waals surface area contributed by atoms with Crippen LogP contribution in [0.5, 0.6) is 0 Å². The van der Waals surface area contributed by atoms with Crippen LogP contribution >= 0.6 is 35.3 Å². The first-order chi connectivity index (χ1) is 10.2. The number of aryl methyl sites for hydroxylation is 1. The van der Waals surface area contributed by atoms with Gasteiger partial charge in [-0.3, -0.25) is 4.68 Å². The number of hydrogen-bond donors (Lipinski definition) is 1. The molecule has 0 bridgehead atoms. The zero-order valence-corrected chi connectivity index (χ0v) is 15.4. The van der Waals surface area contributed by atoms with Crippen LogP contribution in [-0.4, -0.2) is 56.8 Å². The van der Waals surface area contributed by atoms with Crippen LogP contribution in [0.25, 0.3) is 0 Å². The summed E-state index contributed by atoms with van der Waals surface area (Å²) in [4.78, 5) is 17.2. The molecule has 2 N–H and O–H groups in total. The Labute approximate surface area is 150 Å². The van der Waals surface area contributed by atoms with E-state index in [2.05, 4.69) is 29.9 Å². The molecule has 2 aromatic rings. The molecule has 3 heterocycles. The van der Waals surface area contributed by atoms with Gasteiger partial charge >= 0.3 is 0 Å². The molecule has 0 unspecified atom stereocenters. The number of nitrogens with two attached hydrogens (primary N) is 1. The van der Waals surface area contributed by atoms with E-state index in [0.29, 0.717) is 12.5 Å². The molecule has 3 rings (SSSR count). The molecule has 2 aromatic heterocycles. The van der Waals surface area contributed by atoms with Crippen molar-refractivity contribution in [2.45, 2.75) is 6.54 Å². The second kappa shape index (κ2) is 7.72. The SMILES string of the molecule is Cn1ncnc1CN=C(N)N1CCN(c2nccs2)CC1.I. The fourth-order valence-corrected chi connectivity index (χ4v) is 2.91. The second-order valence-corrected chi connectivity index (χ2v) is 5.64. The van der Waals surface area contributed by atoms with Gasteiger partial charge in [-0.2, -0.15) is 5.10 Å². The first-order valence-corrected chi connectivity index (χ1v) is 7.64. The van der Waals surface area contributed by atoms with Crippen LogP contribution < -0.4 is 10.6 Å². The predicted octanol–water partition coefficient (Wildman–Crippen LogP) is 0.526. The summed E-state index contributed by atoms with van der Waals surface area (Å²) in [5.41, 5.74) is 6.07. The second-order valence-electron chi connectivity index (χ2n) is 4.76. The summed E-state index contributed by atoms with van der Waals surface area (Å²) in [6.07, 6.45) is 3.36. The van der Waals surface area contributed by atoms with Gasteiger partial charge in [0.2, 0.25) is 0 Å². The third kappa shape index (κ3) is 3.85. The van der Waals surface area contributed by atoms with E-state index in [9.17, 15) is 0 Å². The molecule has 0 saturated carbocycles. The number of aromatic nitrogens is 4. The average molecular weight is 434 g/mol. The maximum Gasteiger partial charge on any atom is 0.191 e. The van der Waals surface area contributed by atoms with E-state index in [1.807, 2.05) is 18.6 Å². The summed E-state index contributed by atoms with van der Waals surface area (Å²) in [6, 6.07) is 0. The molecule has 22 heavy (non-hydrogen) atoms. The molecule has 0 radical (unpaired) electrons. The first-order valence-electron chi connectivity index (χ1n) is 6.76. The molecule has 1 fully saturated rings. The molecule has 0 atom stereocenters. The Morgan fingerprint density at radius 2 is 2.09 bits per heavy atom. The van der Waals surface area contributed by atoms with Crippen LogP contribution in [0.3, 0.4) is 0 Å². The van der Waals surface area contributed by atoms with E-state index in [0.717, 1.165) is 37.1 Å². The molecular weight excluding hydrogens is 415 g/mol. The first kappa shape index (κ1) is 16.9. The highest BCUT2D eigenvalue weighted by molar-refractivity contribution is 14.0. The summed E-state index contributed by atoms with van der Waals surface area (Å²) in [6.45, 7) is 3.98. The molecule has 0 aromatic carbocycles. The third-order valence-electron chi connectivity index (χ3n) is 3.48. The van der Waals surface area contributed by atoms with Crippen LogP contribution in [0.2, 0.25) is 0 Å². The molecular formula is C12H19IN8S. The minimum absolute atomic E-state index is 0. The largest absolute Gasteiger partial charge is 0.370 e. The molecule has 120 valence electrons. The maximum absolute atomic E-state index is 6.07. The lowest BCUT2D eigenvalue weighted by Gasteiger charge is -2.35. The maximum atomic E-state index is 6.07. The highest BCUT2D eigenvalue weighted by atomic mass is 127. The third-order valence-corrected chi connectivity index (χ3v) is 4.31. The standard InChI is InChI=1S/C12H18N8S.HI/c1-18-10(16-9-17-18)8-15-11(13)19-3-5-20(6-4-19)12-14-2-7-21-12;/h2,7,9H,3-6,8H2,1H3,(H2,13,15);1H. The Hall–Kier alpha value is -1.43. The van der Waals surface area contributed by atoms with Crippen molar-refractivity contribution in [2.24, 2.45) is 17.8 Å². The Morgan fingerprint density at radius 1 is 1.32 bits per heavy atom. The number of aliphatic imine (C=N–C) groups is 1. The quantitative estimate of drug-likeness (QED) is 0.431. The van der Waals surface area contributed by atoms with Gasteiger partial charge in [0.15, 0.2) is 11.1 Å². The summed E-state index contributed by atoms with van der Waals surface area (Å²) in [5.74, 6) is 1.37. The minimum Gasteiger partial charge on any atom is -0.370 e. The molecule has 10 heteroatoms. The van der Waals surface area contributed by atoms with Crippen molar-refractivity contribution in [3.05, 3.63) is 23.7 Å². The minimum atomic E-state index is 0. The molecule has 0 spiro atoms. The lowest BCUT2D eigenvalue weighted by Crippen LogP contribution is -2.51. The topological polar surface area (TPSA) is 88.5 Å². The predicted molar refractivity (Wildman–Crippen MR) is 97.6 cm³/mol. The Kier molecular flexibility index (Phi) is 5.94. The number of anilines is 1. The lowest BCUT2D eigenvalue weighted by atomic mass is 10.3.